The molecule has 0 spiro atoms. The number of benzene rings is 1. The number of alkyl halides is 1. The molecule has 2 rings (SSSR count). The van der Waals surface area contributed by atoms with Crippen LogP contribution in [0.3, 0.4) is 0 Å². The first-order chi connectivity index (χ1) is 7.34. The lowest BCUT2D eigenvalue weighted by Crippen LogP contribution is -2.21. The lowest BCUT2D eigenvalue weighted by Gasteiger charge is -2.25. The molecule has 1 aromatic carbocycles. The Morgan fingerprint density at radius 1 is 1.07 bits per heavy atom. The van der Waals surface area contributed by atoms with E-state index < -0.39 is 0 Å². The van der Waals surface area contributed by atoms with Gasteiger partial charge in [0.2, 0.25) is 0 Å². The Hall–Kier alpha value is -0.530. The van der Waals surface area contributed by atoms with E-state index >= 15 is 0 Å². The quantitative estimate of drug-likeness (QED) is 0.711. The van der Waals surface area contributed by atoms with E-state index in [1.807, 2.05) is 18.2 Å². The molecule has 82 valence electrons. The number of hydrogen-bond donors (Lipinski definition) is 0. The maximum Gasteiger partial charge on any atom is 0.0720 e. The van der Waals surface area contributed by atoms with E-state index in [4.69, 9.17) is 16.3 Å². The van der Waals surface area contributed by atoms with Crippen LogP contribution in [0.1, 0.15) is 31.2 Å². The minimum absolute atomic E-state index is 0.376. The molecule has 2 heteroatoms. The first-order valence-electron chi connectivity index (χ1n) is 5.64. The van der Waals surface area contributed by atoms with E-state index in [-0.39, 0.29) is 0 Å². The first kappa shape index (κ1) is 11.0. The molecular weight excluding hydrogens is 208 g/mol. The molecule has 1 fully saturated rings. The Kier molecular flexibility index (Phi) is 4.04. The molecule has 1 aliphatic rings. The number of ether oxygens (including phenoxy) is 1. The molecule has 0 atom stereocenters. The summed E-state index contributed by atoms with van der Waals surface area (Å²) < 4.78 is 5.86. The number of hydrogen-bond acceptors (Lipinski definition) is 1. The van der Waals surface area contributed by atoms with Gasteiger partial charge in [0, 0.05) is 5.38 Å². The van der Waals surface area contributed by atoms with Gasteiger partial charge in [0.15, 0.2) is 0 Å². The van der Waals surface area contributed by atoms with E-state index in [1.54, 1.807) is 0 Å². The van der Waals surface area contributed by atoms with Crippen molar-refractivity contribution in [3.63, 3.8) is 0 Å². The zero-order valence-electron chi connectivity index (χ0n) is 8.86. The van der Waals surface area contributed by atoms with Gasteiger partial charge in [-0.15, -0.1) is 11.6 Å². The average molecular weight is 225 g/mol. The van der Waals surface area contributed by atoms with Crippen molar-refractivity contribution in [2.45, 2.75) is 43.8 Å². The van der Waals surface area contributed by atoms with Crippen LogP contribution in [0, 0.1) is 0 Å². The Balaban J connectivity index is 1.74. The van der Waals surface area contributed by atoms with Crippen LogP contribution in [-0.4, -0.2) is 11.5 Å². The van der Waals surface area contributed by atoms with E-state index in [0.29, 0.717) is 11.5 Å². The molecule has 0 aliphatic heterocycles. The second-order valence-electron chi connectivity index (χ2n) is 4.17. The van der Waals surface area contributed by atoms with Gasteiger partial charge in [-0.2, -0.15) is 0 Å². The second kappa shape index (κ2) is 5.53. The Labute approximate surface area is 96.4 Å². The summed E-state index contributed by atoms with van der Waals surface area (Å²) >= 11 is 6.04. The SMILES string of the molecule is Cl[C@H]1CC[C@@H](OCc2ccccc2)CC1. The van der Waals surface area contributed by atoms with Crippen LogP contribution in [0.2, 0.25) is 0 Å². The molecule has 0 amide bonds. The topological polar surface area (TPSA) is 9.23 Å². The molecule has 0 N–H and O–H groups in total. The lowest BCUT2D eigenvalue weighted by atomic mass is 9.97. The summed E-state index contributed by atoms with van der Waals surface area (Å²) in [6.45, 7) is 0.735. The van der Waals surface area contributed by atoms with Crippen LogP contribution in [0.5, 0.6) is 0 Å². The van der Waals surface area contributed by atoms with Crippen molar-refractivity contribution in [3.8, 4) is 0 Å². The van der Waals surface area contributed by atoms with Crippen LogP contribution < -0.4 is 0 Å². The Morgan fingerprint density at radius 2 is 1.73 bits per heavy atom. The highest BCUT2D eigenvalue weighted by molar-refractivity contribution is 6.20. The van der Waals surface area contributed by atoms with Crippen molar-refractivity contribution in [2.75, 3.05) is 0 Å². The summed E-state index contributed by atoms with van der Waals surface area (Å²) in [4.78, 5) is 0. The zero-order valence-corrected chi connectivity index (χ0v) is 9.62. The summed E-state index contributed by atoms with van der Waals surface area (Å²) in [5.41, 5.74) is 1.26. The summed E-state index contributed by atoms with van der Waals surface area (Å²) in [6, 6.07) is 10.3. The van der Waals surface area contributed by atoms with Crippen molar-refractivity contribution in [1.82, 2.24) is 0 Å². The predicted molar refractivity (Wildman–Crippen MR) is 63.1 cm³/mol. The van der Waals surface area contributed by atoms with Crippen molar-refractivity contribution in [3.05, 3.63) is 35.9 Å². The van der Waals surface area contributed by atoms with Gasteiger partial charge in [-0.3, -0.25) is 0 Å². The van der Waals surface area contributed by atoms with E-state index in [2.05, 4.69) is 12.1 Å². The van der Waals surface area contributed by atoms with Gasteiger partial charge in [-0.05, 0) is 31.2 Å². The average Bonchev–Trinajstić information content (AvgIpc) is 2.30. The Bertz CT molecular complexity index is 278. The molecule has 1 aromatic rings. The smallest absolute Gasteiger partial charge is 0.0720 e. The third-order valence-electron chi connectivity index (χ3n) is 2.93. The molecule has 0 radical (unpaired) electrons. The molecule has 0 saturated heterocycles. The molecule has 0 heterocycles. The molecule has 15 heavy (non-hydrogen) atoms. The summed E-state index contributed by atoms with van der Waals surface area (Å²) in [5, 5.41) is 0.376. The standard InChI is InChI=1S/C13H17ClO/c14-12-6-8-13(9-7-12)15-10-11-4-2-1-3-5-11/h1-5,12-13H,6-10H2/t12-,13+. The normalized spacial score (nSPS) is 26.5. The van der Waals surface area contributed by atoms with Crippen molar-refractivity contribution in [2.24, 2.45) is 0 Å². The maximum atomic E-state index is 6.04. The van der Waals surface area contributed by atoms with Gasteiger partial charge in [0.05, 0.1) is 12.7 Å². The molecule has 1 nitrogen and oxygen atoms in total. The molecular formula is C13H17ClO. The third kappa shape index (κ3) is 3.51. The minimum atomic E-state index is 0.376. The largest absolute Gasteiger partial charge is 0.374 e. The van der Waals surface area contributed by atoms with Crippen molar-refractivity contribution < 1.29 is 4.74 Å². The van der Waals surface area contributed by atoms with Gasteiger partial charge < -0.3 is 4.74 Å². The van der Waals surface area contributed by atoms with Crippen LogP contribution in [0.4, 0.5) is 0 Å². The second-order valence-corrected chi connectivity index (χ2v) is 4.79. The van der Waals surface area contributed by atoms with Gasteiger partial charge in [-0.25, -0.2) is 0 Å². The fourth-order valence-corrected chi connectivity index (χ4v) is 2.23. The minimum Gasteiger partial charge on any atom is -0.374 e. The molecule has 1 saturated carbocycles. The monoisotopic (exact) mass is 224 g/mol. The van der Waals surface area contributed by atoms with Gasteiger partial charge in [0.25, 0.3) is 0 Å². The fourth-order valence-electron chi connectivity index (χ4n) is 1.98. The van der Waals surface area contributed by atoms with Gasteiger partial charge in [0.1, 0.15) is 0 Å². The highest BCUT2D eigenvalue weighted by Gasteiger charge is 2.19. The lowest BCUT2D eigenvalue weighted by molar-refractivity contribution is 0.0175. The van der Waals surface area contributed by atoms with Crippen LogP contribution in [-0.2, 0) is 11.3 Å². The van der Waals surface area contributed by atoms with E-state index in [0.717, 1.165) is 32.3 Å². The van der Waals surface area contributed by atoms with Gasteiger partial charge >= 0.3 is 0 Å². The highest BCUT2D eigenvalue weighted by Crippen LogP contribution is 2.25. The summed E-state index contributed by atoms with van der Waals surface area (Å²) in [5.74, 6) is 0. The van der Waals surface area contributed by atoms with Crippen LogP contribution >= 0.6 is 11.6 Å². The maximum absolute atomic E-state index is 6.04. The summed E-state index contributed by atoms with van der Waals surface area (Å²) in [6.07, 6.45) is 4.84. The number of rotatable bonds is 3. The molecule has 0 unspecified atom stereocenters. The summed E-state index contributed by atoms with van der Waals surface area (Å²) in [7, 11) is 0. The predicted octanol–water partition coefficient (Wildman–Crippen LogP) is 3.75. The van der Waals surface area contributed by atoms with Gasteiger partial charge in [-0.1, -0.05) is 30.3 Å². The Morgan fingerprint density at radius 3 is 2.40 bits per heavy atom. The van der Waals surface area contributed by atoms with Crippen LogP contribution in [0.15, 0.2) is 30.3 Å². The van der Waals surface area contributed by atoms with E-state index in [9.17, 15) is 0 Å². The van der Waals surface area contributed by atoms with Crippen LogP contribution in [0.25, 0.3) is 0 Å². The molecule has 0 bridgehead atoms. The fraction of sp³-hybridized carbons (Fsp3) is 0.538. The van der Waals surface area contributed by atoms with Crippen molar-refractivity contribution in [1.29, 1.82) is 0 Å². The number of halogens is 1. The van der Waals surface area contributed by atoms with E-state index in [1.165, 1.54) is 5.56 Å². The molecule has 1 aliphatic carbocycles. The van der Waals surface area contributed by atoms with Crippen molar-refractivity contribution >= 4 is 11.6 Å². The highest BCUT2D eigenvalue weighted by atomic mass is 35.5. The first-order valence-corrected chi connectivity index (χ1v) is 6.08. The third-order valence-corrected chi connectivity index (χ3v) is 3.37. The molecule has 0 aromatic heterocycles. The zero-order chi connectivity index (χ0) is 10.5.